The molecule has 3 atom stereocenters. The summed E-state index contributed by atoms with van der Waals surface area (Å²) in [7, 11) is 1.47. The lowest BCUT2D eigenvalue weighted by molar-refractivity contribution is -0.145. The van der Waals surface area contributed by atoms with Crippen molar-refractivity contribution in [3.8, 4) is 0 Å². The number of allylic oxidation sites excluding steroid dienone is 1. The number of likely N-dealkylation sites (tertiary alicyclic amines) is 1. The summed E-state index contributed by atoms with van der Waals surface area (Å²) in [6, 6.07) is 0.0936. The number of thioether (sulfide) groups is 1. The highest BCUT2D eigenvalue weighted by molar-refractivity contribution is 8.14. The molecule has 0 aromatic rings. The molecule has 0 N–H and O–H groups in total. The summed E-state index contributed by atoms with van der Waals surface area (Å²) < 4.78 is 10.6. The fourth-order valence-corrected chi connectivity index (χ4v) is 3.94. The number of methoxy groups -OCH3 is 1. The SMILES string of the molecule is CC/C(C)=C\N=C(C)SC1OC=NC1CN1CCCC(C(=O)OC)CC1. The molecule has 2 aliphatic rings. The number of esters is 1. The van der Waals surface area contributed by atoms with Crippen LogP contribution in [0.4, 0.5) is 0 Å². The van der Waals surface area contributed by atoms with Gasteiger partial charge in [0.15, 0.2) is 11.8 Å². The molecule has 1 saturated heterocycles. The van der Waals surface area contributed by atoms with Gasteiger partial charge in [-0.3, -0.25) is 9.79 Å². The number of rotatable bonds is 6. The highest BCUT2D eigenvalue weighted by Gasteiger charge is 2.31. The Morgan fingerprint density at radius 1 is 1.42 bits per heavy atom. The summed E-state index contributed by atoms with van der Waals surface area (Å²) in [6.45, 7) is 8.95. The highest BCUT2D eigenvalue weighted by atomic mass is 32.2. The van der Waals surface area contributed by atoms with Crippen LogP contribution < -0.4 is 0 Å². The van der Waals surface area contributed by atoms with E-state index in [-0.39, 0.29) is 23.4 Å². The molecule has 0 amide bonds. The van der Waals surface area contributed by atoms with E-state index < -0.39 is 0 Å². The molecule has 0 aromatic heterocycles. The molecule has 7 heteroatoms. The fraction of sp³-hybridized carbons (Fsp3) is 0.737. The second kappa shape index (κ2) is 10.7. The lowest BCUT2D eigenvalue weighted by Crippen LogP contribution is -2.36. The van der Waals surface area contributed by atoms with Gasteiger partial charge in [0.1, 0.15) is 6.04 Å². The van der Waals surface area contributed by atoms with Crippen LogP contribution in [-0.2, 0) is 14.3 Å². The first kappa shape index (κ1) is 21.0. The molecular weight excluding hydrogens is 350 g/mol. The number of hydrogen-bond donors (Lipinski definition) is 0. The molecule has 3 unspecified atom stereocenters. The Hall–Kier alpha value is -1.34. The van der Waals surface area contributed by atoms with Crippen LogP contribution in [0.25, 0.3) is 0 Å². The van der Waals surface area contributed by atoms with Gasteiger partial charge in [-0.25, -0.2) is 4.99 Å². The van der Waals surface area contributed by atoms with Crippen molar-refractivity contribution in [2.75, 3.05) is 26.7 Å². The van der Waals surface area contributed by atoms with Gasteiger partial charge in [-0.05, 0) is 52.6 Å². The molecule has 2 rings (SSSR count). The summed E-state index contributed by atoms with van der Waals surface area (Å²) in [4.78, 5) is 23.2. The zero-order valence-corrected chi connectivity index (χ0v) is 17.1. The predicted molar refractivity (Wildman–Crippen MR) is 108 cm³/mol. The van der Waals surface area contributed by atoms with Crippen molar-refractivity contribution < 1.29 is 14.3 Å². The van der Waals surface area contributed by atoms with Crippen LogP contribution in [-0.4, -0.2) is 60.5 Å². The van der Waals surface area contributed by atoms with Crippen LogP contribution in [0.1, 0.15) is 46.5 Å². The third-order valence-corrected chi connectivity index (χ3v) is 5.98. The Bertz CT molecular complexity index is 562. The third kappa shape index (κ3) is 6.43. The Labute approximate surface area is 161 Å². The van der Waals surface area contributed by atoms with Crippen LogP contribution >= 0.6 is 11.8 Å². The zero-order chi connectivity index (χ0) is 18.9. The van der Waals surface area contributed by atoms with E-state index in [1.165, 1.54) is 12.7 Å². The average molecular weight is 382 g/mol. The number of aliphatic imine (C=N–C) groups is 2. The smallest absolute Gasteiger partial charge is 0.308 e. The number of carbonyl (C=O) groups excluding carboxylic acids is 1. The van der Waals surface area contributed by atoms with Crippen molar-refractivity contribution >= 4 is 29.2 Å². The van der Waals surface area contributed by atoms with Gasteiger partial charge in [0.25, 0.3) is 0 Å². The van der Waals surface area contributed by atoms with E-state index in [1.807, 2.05) is 13.1 Å². The molecule has 26 heavy (non-hydrogen) atoms. The minimum absolute atomic E-state index is 0.0291. The Morgan fingerprint density at radius 2 is 2.23 bits per heavy atom. The molecule has 0 spiro atoms. The highest BCUT2D eigenvalue weighted by Crippen LogP contribution is 2.26. The van der Waals surface area contributed by atoms with Gasteiger partial charge in [0, 0.05) is 12.7 Å². The maximum absolute atomic E-state index is 11.8. The van der Waals surface area contributed by atoms with Gasteiger partial charge < -0.3 is 14.4 Å². The van der Waals surface area contributed by atoms with Crippen molar-refractivity contribution in [1.82, 2.24) is 4.90 Å². The molecule has 0 aromatic carbocycles. The van der Waals surface area contributed by atoms with E-state index in [1.54, 1.807) is 18.2 Å². The third-order valence-electron chi connectivity index (χ3n) is 4.87. The molecule has 2 heterocycles. The Balaban J connectivity index is 1.86. The van der Waals surface area contributed by atoms with E-state index in [9.17, 15) is 4.79 Å². The molecule has 0 saturated carbocycles. The van der Waals surface area contributed by atoms with Crippen molar-refractivity contribution in [2.45, 2.75) is 57.9 Å². The summed E-state index contributed by atoms with van der Waals surface area (Å²) in [5.74, 6) is -0.0498. The van der Waals surface area contributed by atoms with Crippen LogP contribution in [0.3, 0.4) is 0 Å². The van der Waals surface area contributed by atoms with Gasteiger partial charge in [-0.2, -0.15) is 0 Å². The van der Waals surface area contributed by atoms with Crippen LogP contribution in [0.5, 0.6) is 0 Å². The molecular formula is C19H31N3O3S. The molecule has 0 bridgehead atoms. The maximum Gasteiger partial charge on any atom is 0.308 e. The van der Waals surface area contributed by atoms with Gasteiger partial charge >= 0.3 is 5.97 Å². The lowest BCUT2D eigenvalue weighted by Gasteiger charge is -2.25. The summed E-state index contributed by atoms with van der Waals surface area (Å²) >= 11 is 1.63. The van der Waals surface area contributed by atoms with Crippen molar-refractivity contribution in [3.63, 3.8) is 0 Å². The fourth-order valence-electron chi connectivity index (χ4n) is 3.07. The van der Waals surface area contributed by atoms with Gasteiger partial charge in [0.05, 0.1) is 18.1 Å². The summed E-state index contributed by atoms with van der Waals surface area (Å²) in [5.41, 5.74) is 1.23. The Kier molecular flexibility index (Phi) is 8.65. The van der Waals surface area contributed by atoms with Crippen molar-refractivity contribution in [2.24, 2.45) is 15.9 Å². The average Bonchev–Trinajstić information content (AvgIpc) is 2.93. The predicted octanol–water partition coefficient (Wildman–Crippen LogP) is 3.48. The standard InChI is InChI=1S/C19H31N3O3S/c1-5-14(2)11-20-15(3)26-19-17(21-13-25-19)12-22-9-6-7-16(8-10-22)18(23)24-4/h11,13,16-17,19H,5-10,12H2,1-4H3/b14-11-,20-15?. The first-order valence-corrected chi connectivity index (χ1v) is 10.3. The van der Waals surface area contributed by atoms with E-state index >= 15 is 0 Å². The summed E-state index contributed by atoms with van der Waals surface area (Å²) in [6.07, 6.45) is 7.27. The normalized spacial score (nSPS) is 27.9. The number of carbonyl (C=O) groups is 1. The van der Waals surface area contributed by atoms with Crippen molar-refractivity contribution in [3.05, 3.63) is 11.8 Å². The second-order valence-corrected chi connectivity index (χ2v) is 8.16. The first-order chi connectivity index (χ1) is 12.5. The largest absolute Gasteiger partial charge is 0.469 e. The number of hydrogen-bond acceptors (Lipinski definition) is 7. The van der Waals surface area contributed by atoms with Crippen molar-refractivity contribution in [1.29, 1.82) is 0 Å². The minimum atomic E-state index is -0.0789. The van der Waals surface area contributed by atoms with E-state index in [2.05, 4.69) is 28.7 Å². The van der Waals surface area contributed by atoms with Crippen LogP contribution in [0.15, 0.2) is 21.8 Å². The first-order valence-electron chi connectivity index (χ1n) is 9.37. The topological polar surface area (TPSA) is 63.5 Å². The lowest BCUT2D eigenvalue weighted by atomic mass is 10.0. The van der Waals surface area contributed by atoms with E-state index in [4.69, 9.17) is 9.47 Å². The second-order valence-electron chi connectivity index (χ2n) is 6.87. The molecule has 2 aliphatic heterocycles. The van der Waals surface area contributed by atoms with E-state index in [0.29, 0.717) is 0 Å². The monoisotopic (exact) mass is 381 g/mol. The van der Waals surface area contributed by atoms with Gasteiger partial charge in [-0.15, -0.1) is 0 Å². The number of nitrogens with zero attached hydrogens (tertiary/aromatic N) is 3. The minimum Gasteiger partial charge on any atom is -0.469 e. The maximum atomic E-state index is 11.8. The quantitative estimate of drug-likeness (QED) is 0.400. The molecule has 0 radical (unpaired) electrons. The van der Waals surface area contributed by atoms with Crippen LogP contribution in [0, 0.1) is 5.92 Å². The van der Waals surface area contributed by atoms with Crippen LogP contribution in [0.2, 0.25) is 0 Å². The molecule has 146 valence electrons. The van der Waals surface area contributed by atoms with Gasteiger partial charge in [0.2, 0.25) is 0 Å². The van der Waals surface area contributed by atoms with Gasteiger partial charge in [-0.1, -0.05) is 24.3 Å². The summed E-state index contributed by atoms with van der Waals surface area (Å²) in [5, 5.41) is 0.986. The number of ether oxygens (including phenoxy) is 2. The molecule has 6 nitrogen and oxygen atoms in total. The Morgan fingerprint density at radius 3 is 2.96 bits per heavy atom. The molecule has 0 aliphatic carbocycles. The zero-order valence-electron chi connectivity index (χ0n) is 16.3. The van der Waals surface area contributed by atoms with E-state index in [0.717, 1.165) is 50.4 Å². The molecule has 1 fully saturated rings.